The van der Waals surface area contributed by atoms with Gasteiger partial charge in [0.2, 0.25) is 0 Å². The van der Waals surface area contributed by atoms with Crippen molar-refractivity contribution in [2.75, 3.05) is 0 Å². The average Bonchev–Trinajstić information content (AvgIpc) is 3.94. The van der Waals surface area contributed by atoms with Gasteiger partial charge >= 0.3 is 0 Å². The summed E-state index contributed by atoms with van der Waals surface area (Å²) in [5.74, 6) is 0. The van der Waals surface area contributed by atoms with Gasteiger partial charge in [0.25, 0.3) is 0 Å². The van der Waals surface area contributed by atoms with Crippen molar-refractivity contribution in [3.05, 3.63) is 224 Å². The van der Waals surface area contributed by atoms with Crippen LogP contribution in [0, 0.1) is 0 Å². The number of allylic oxidation sites excluding steroid dienone is 6. The first-order valence-corrected chi connectivity index (χ1v) is 20.7. The molecule has 0 spiro atoms. The fraction of sp³-hybridized carbons (Fsp3) is 0.0175. The summed E-state index contributed by atoms with van der Waals surface area (Å²) in [6, 6.07) is 66.5. The van der Waals surface area contributed by atoms with E-state index in [0.717, 1.165) is 28.9 Å². The first kappa shape index (κ1) is 34.2. The highest BCUT2D eigenvalue weighted by molar-refractivity contribution is 6.14. The topological polar surface area (TPSA) is 14.8 Å². The maximum atomic E-state index is 4.38. The molecule has 0 fully saturated rings. The van der Waals surface area contributed by atoms with Crippen molar-refractivity contribution in [1.82, 2.24) is 13.7 Å². The van der Waals surface area contributed by atoms with E-state index < -0.39 is 0 Å². The second-order valence-electron chi connectivity index (χ2n) is 15.8. The Labute approximate surface area is 348 Å². The maximum absolute atomic E-state index is 4.38. The molecule has 60 heavy (non-hydrogen) atoms. The molecule has 0 amide bonds. The molecule has 1 aliphatic rings. The smallest absolute Gasteiger partial charge is 0.0541 e. The zero-order valence-electron chi connectivity index (χ0n) is 33.0. The van der Waals surface area contributed by atoms with E-state index in [1.54, 1.807) is 0 Å². The molecular formula is C57H39N3. The minimum absolute atomic E-state index is 0.796. The van der Waals surface area contributed by atoms with Crippen LogP contribution in [0.25, 0.3) is 105 Å². The van der Waals surface area contributed by atoms with Crippen molar-refractivity contribution in [3.8, 4) is 22.5 Å². The third-order valence-corrected chi connectivity index (χ3v) is 12.4. The molecular weight excluding hydrogens is 727 g/mol. The van der Waals surface area contributed by atoms with E-state index in [-0.39, 0.29) is 0 Å². The van der Waals surface area contributed by atoms with Crippen LogP contribution in [0.15, 0.2) is 213 Å². The maximum Gasteiger partial charge on any atom is 0.0541 e. The Morgan fingerprint density at radius 2 is 0.817 bits per heavy atom. The summed E-state index contributed by atoms with van der Waals surface area (Å²) in [7, 11) is 0. The number of rotatable bonds is 4. The number of para-hydroxylation sites is 4. The van der Waals surface area contributed by atoms with Gasteiger partial charge < -0.3 is 13.7 Å². The number of hydrogen-bond acceptors (Lipinski definition) is 0. The van der Waals surface area contributed by atoms with Crippen LogP contribution in [0.2, 0.25) is 0 Å². The molecule has 0 saturated carbocycles. The van der Waals surface area contributed by atoms with E-state index >= 15 is 0 Å². The molecule has 0 N–H and O–H groups in total. The Kier molecular flexibility index (Phi) is 7.76. The van der Waals surface area contributed by atoms with E-state index in [0.29, 0.717) is 0 Å². The van der Waals surface area contributed by atoms with Crippen LogP contribution < -0.4 is 0 Å². The summed E-state index contributed by atoms with van der Waals surface area (Å²) in [4.78, 5) is 0. The van der Waals surface area contributed by atoms with Crippen LogP contribution >= 0.6 is 0 Å². The van der Waals surface area contributed by atoms with Gasteiger partial charge in [0.05, 0.1) is 33.1 Å². The van der Waals surface area contributed by atoms with Crippen LogP contribution in [0.1, 0.15) is 17.5 Å². The minimum atomic E-state index is 0.796. The van der Waals surface area contributed by atoms with Crippen molar-refractivity contribution in [2.24, 2.45) is 0 Å². The minimum Gasteiger partial charge on any atom is -0.313 e. The monoisotopic (exact) mass is 765 g/mol. The average molecular weight is 766 g/mol. The summed E-state index contributed by atoms with van der Waals surface area (Å²) in [5, 5.41) is 7.51. The number of nitrogens with zero attached hydrogens (tertiary/aromatic N) is 3. The molecule has 282 valence electrons. The van der Waals surface area contributed by atoms with E-state index in [1.165, 1.54) is 87.8 Å². The van der Waals surface area contributed by atoms with Gasteiger partial charge in [-0.25, -0.2) is 0 Å². The standard InChI is InChI=1S/C57H39N3/c1-38-15-3-2-4-17-44(35-41-16-5-6-18-45(38)41)60-55-26-14-10-22-49(55)51-37-40(28-34-57(51)60)39-27-33-56-50(36-39)48-21-9-13-25-54(48)59(56)43-31-29-42(30-32-43)58-52-23-11-7-19-46(52)47-20-8-12-24-53(47)58/h2-16,18-37H,1,17H2/b4-2-,15-3-,44-35+. The molecule has 0 unspecified atom stereocenters. The quantitative estimate of drug-likeness (QED) is 0.169. The van der Waals surface area contributed by atoms with Crippen LogP contribution in [-0.4, -0.2) is 13.7 Å². The van der Waals surface area contributed by atoms with Gasteiger partial charge in [-0.15, -0.1) is 0 Å². The van der Waals surface area contributed by atoms with Crippen molar-refractivity contribution in [2.45, 2.75) is 6.42 Å². The lowest BCUT2D eigenvalue weighted by Gasteiger charge is -2.14. The van der Waals surface area contributed by atoms with E-state index in [1.807, 2.05) is 0 Å². The summed E-state index contributed by atoms with van der Waals surface area (Å²) in [6.45, 7) is 4.38. The highest BCUT2D eigenvalue weighted by atomic mass is 15.0. The lowest BCUT2D eigenvalue weighted by molar-refractivity contribution is 1.14. The second kappa shape index (κ2) is 13.6. The third-order valence-electron chi connectivity index (χ3n) is 12.4. The molecule has 11 aromatic rings. The largest absolute Gasteiger partial charge is 0.313 e. The predicted octanol–water partition coefficient (Wildman–Crippen LogP) is 15.2. The normalized spacial score (nSPS) is 15.2. The van der Waals surface area contributed by atoms with Gasteiger partial charge in [-0.3, -0.25) is 0 Å². The molecule has 8 aromatic carbocycles. The lowest BCUT2D eigenvalue weighted by Crippen LogP contribution is -1.98. The summed E-state index contributed by atoms with van der Waals surface area (Å²) < 4.78 is 7.24. The molecule has 1 aliphatic carbocycles. The molecule has 12 rings (SSSR count). The van der Waals surface area contributed by atoms with Gasteiger partial charge in [0.15, 0.2) is 0 Å². The summed E-state index contributed by atoms with van der Waals surface area (Å²) >= 11 is 0. The molecule has 3 aromatic heterocycles. The molecule has 3 heterocycles. The van der Waals surface area contributed by atoms with Crippen molar-refractivity contribution in [3.63, 3.8) is 0 Å². The van der Waals surface area contributed by atoms with Crippen molar-refractivity contribution >= 4 is 82.8 Å². The van der Waals surface area contributed by atoms with Crippen LogP contribution in [-0.2, 0) is 0 Å². The number of fused-ring (bicyclic) bond motifs is 10. The van der Waals surface area contributed by atoms with Gasteiger partial charge in [0, 0.05) is 55.8 Å². The Morgan fingerprint density at radius 1 is 0.383 bits per heavy atom. The summed E-state index contributed by atoms with van der Waals surface area (Å²) in [5.41, 5.74) is 16.5. The molecule has 0 saturated heterocycles. The Balaban J connectivity index is 0.976. The van der Waals surface area contributed by atoms with Crippen LogP contribution in [0.3, 0.4) is 0 Å². The predicted molar refractivity (Wildman–Crippen MR) is 256 cm³/mol. The van der Waals surface area contributed by atoms with Crippen LogP contribution in [0.4, 0.5) is 0 Å². The first-order chi connectivity index (χ1) is 29.7. The molecule has 0 bridgehead atoms. The van der Waals surface area contributed by atoms with Gasteiger partial charge in [-0.05, 0) is 107 Å². The zero-order valence-corrected chi connectivity index (χ0v) is 33.0. The molecule has 3 heteroatoms. The molecule has 0 aliphatic heterocycles. The zero-order chi connectivity index (χ0) is 39.7. The van der Waals surface area contributed by atoms with E-state index in [9.17, 15) is 0 Å². The van der Waals surface area contributed by atoms with Gasteiger partial charge in [-0.1, -0.05) is 140 Å². The van der Waals surface area contributed by atoms with E-state index in [4.69, 9.17) is 0 Å². The van der Waals surface area contributed by atoms with Crippen molar-refractivity contribution in [1.29, 1.82) is 0 Å². The van der Waals surface area contributed by atoms with E-state index in [2.05, 4.69) is 233 Å². The van der Waals surface area contributed by atoms with Gasteiger partial charge in [-0.2, -0.15) is 0 Å². The Hall–Kier alpha value is -7.88. The second-order valence-corrected chi connectivity index (χ2v) is 15.8. The first-order valence-electron chi connectivity index (χ1n) is 20.7. The molecule has 3 nitrogen and oxygen atoms in total. The fourth-order valence-corrected chi connectivity index (χ4v) is 9.68. The Morgan fingerprint density at radius 3 is 1.37 bits per heavy atom. The third kappa shape index (κ3) is 5.30. The number of hydrogen-bond donors (Lipinski definition) is 0. The molecule has 0 radical (unpaired) electrons. The fourth-order valence-electron chi connectivity index (χ4n) is 9.68. The Bertz CT molecular complexity index is 3580. The molecule has 0 atom stereocenters. The SMILES string of the molecule is C=C1/C=C\C=C/C/C(n2c3ccccc3c3cc(-c4ccc5c(c4)c4ccccc4n5-c4ccc(-n5c6ccccc6c6ccccc65)cc4)ccc32)=C\c2ccccc21. The summed E-state index contributed by atoms with van der Waals surface area (Å²) in [6.07, 6.45) is 11.7. The number of benzene rings is 8. The highest BCUT2D eigenvalue weighted by Crippen LogP contribution is 2.40. The highest BCUT2D eigenvalue weighted by Gasteiger charge is 2.18. The van der Waals surface area contributed by atoms with Gasteiger partial charge in [0.1, 0.15) is 0 Å². The van der Waals surface area contributed by atoms with Crippen molar-refractivity contribution < 1.29 is 0 Å². The van der Waals surface area contributed by atoms with Crippen LogP contribution in [0.5, 0.6) is 0 Å². The number of aromatic nitrogens is 3. The lowest BCUT2D eigenvalue weighted by atomic mass is 9.98.